The zero-order valence-corrected chi connectivity index (χ0v) is 20.7. The van der Waals surface area contributed by atoms with Gasteiger partial charge in [-0.05, 0) is 43.5 Å². The fraction of sp³-hybridized carbons (Fsp3) is 0.346. The number of carbonyl (C=O) groups is 3. The molecule has 2 heterocycles. The van der Waals surface area contributed by atoms with Gasteiger partial charge in [-0.25, -0.2) is 9.89 Å². The second-order valence-corrected chi connectivity index (χ2v) is 9.39. The molecule has 2 N–H and O–H groups in total. The summed E-state index contributed by atoms with van der Waals surface area (Å²) in [6.07, 6.45) is 2.48. The summed E-state index contributed by atoms with van der Waals surface area (Å²) in [7, 11) is 0. The minimum atomic E-state index is -0.653. The third-order valence-electron chi connectivity index (χ3n) is 5.80. The fourth-order valence-corrected chi connectivity index (χ4v) is 4.68. The highest BCUT2D eigenvalue weighted by Gasteiger charge is 2.41. The highest BCUT2D eigenvalue weighted by atomic mass is 32.2. The molecule has 1 unspecified atom stereocenters. The third kappa shape index (κ3) is 5.79. The van der Waals surface area contributed by atoms with Crippen LogP contribution in [0.15, 0.2) is 58.5 Å². The summed E-state index contributed by atoms with van der Waals surface area (Å²) in [5, 5.41) is 6.21. The maximum atomic E-state index is 13.3. The number of carbonyl (C=O) groups excluding carboxylic acids is 3. The van der Waals surface area contributed by atoms with Gasteiger partial charge in [-0.2, -0.15) is 0 Å². The summed E-state index contributed by atoms with van der Waals surface area (Å²) in [6, 6.07) is 14.4. The normalized spacial score (nSPS) is 16.2. The molecule has 2 aliphatic rings. The van der Waals surface area contributed by atoms with Gasteiger partial charge < -0.3 is 10.6 Å². The number of amidine groups is 2. The first-order valence-corrected chi connectivity index (χ1v) is 12.8. The number of amides is 3. The molecule has 0 saturated carbocycles. The Kier molecular flexibility index (Phi) is 7.97. The first-order chi connectivity index (χ1) is 17.0. The van der Waals surface area contributed by atoms with E-state index in [1.165, 1.54) is 16.7 Å². The van der Waals surface area contributed by atoms with Crippen molar-refractivity contribution in [1.29, 1.82) is 0 Å². The lowest BCUT2D eigenvalue weighted by Crippen LogP contribution is -2.41. The maximum Gasteiger partial charge on any atom is 0.259 e. The number of hydrogen-bond acceptors (Lipinski definition) is 6. The monoisotopic (exact) mass is 491 g/mol. The molecule has 0 radical (unpaired) electrons. The van der Waals surface area contributed by atoms with Crippen LogP contribution in [0.3, 0.4) is 0 Å². The molecule has 8 nitrogen and oxygen atoms in total. The number of nitrogens with zero attached hydrogens (tertiary/aromatic N) is 3. The Bertz CT molecular complexity index is 1190. The molecular weight excluding hydrogens is 462 g/mol. The number of benzene rings is 2. The van der Waals surface area contributed by atoms with E-state index in [2.05, 4.69) is 27.5 Å². The van der Waals surface area contributed by atoms with Gasteiger partial charge in [0.2, 0.25) is 11.8 Å². The summed E-state index contributed by atoms with van der Waals surface area (Å²) < 4.78 is 0. The van der Waals surface area contributed by atoms with Crippen LogP contribution in [0.2, 0.25) is 0 Å². The van der Waals surface area contributed by atoms with Crippen LogP contribution in [0.4, 0.5) is 11.4 Å². The van der Waals surface area contributed by atoms with E-state index in [4.69, 9.17) is 0 Å². The van der Waals surface area contributed by atoms with Gasteiger partial charge in [0.25, 0.3) is 5.91 Å². The Hall–Kier alpha value is -3.46. The number of para-hydroxylation sites is 2. The summed E-state index contributed by atoms with van der Waals surface area (Å²) in [6.45, 7) is 4.64. The topological polar surface area (TPSA) is 103 Å². The van der Waals surface area contributed by atoms with E-state index >= 15 is 0 Å². The van der Waals surface area contributed by atoms with Gasteiger partial charge in [0.05, 0.1) is 11.4 Å². The van der Waals surface area contributed by atoms with Gasteiger partial charge >= 0.3 is 0 Å². The van der Waals surface area contributed by atoms with Gasteiger partial charge in [-0.15, -0.1) is 0 Å². The van der Waals surface area contributed by atoms with Crippen LogP contribution in [0, 0.1) is 6.92 Å². The van der Waals surface area contributed by atoms with Crippen molar-refractivity contribution in [1.82, 2.24) is 10.2 Å². The molecule has 0 bridgehead atoms. The molecule has 0 spiro atoms. The summed E-state index contributed by atoms with van der Waals surface area (Å²) in [4.78, 5) is 48.9. The smallest absolute Gasteiger partial charge is 0.259 e. The fourth-order valence-electron chi connectivity index (χ4n) is 3.88. The minimum absolute atomic E-state index is 0.0761. The van der Waals surface area contributed by atoms with Crippen LogP contribution < -0.4 is 10.6 Å². The number of thioether (sulfide) groups is 1. The Morgan fingerprint density at radius 2 is 1.86 bits per heavy atom. The number of nitrogens with one attached hydrogen (secondary N) is 2. The van der Waals surface area contributed by atoms with E-state index in [9.17, 15) is 14.4 Å². The highest BCUT2D eigenvalue weighted by Crippen LogP contribution is 2.34. The quantitative estimate of drug-likeness (QED) is 0.517. The van der Waals surface area contributed by atoms with Crippen LogP contribution in [-0.2, 0) is 14.4 Å². The molecule has 182 valence electrons. The number of hydrogen-bond donors (Lipinski definition) is 2. The number of fused-ring (bicyclic) bond motifs is 3. The van der Waals surface area contributed by atoms with Crippen LogP contribution >= 0.6 is 11.8 Å². The Morgan fingerprint density at radius 1 is 1.09 bits per heavy atom. The SMILES string of the molecule is CCCCNC(=O)CCC1N=C2c3ccccc3N=C(SCC(=O)Nc3ccccc3C)N2C1=O. The second kappa shape index (κ2) is 11.3. The molecule has 2 aromatic rings. The van der Waals surface area contributed by atoms with Gasteiger partial charge in [0.15, 0.2) is 5.17 Å². The van der Waals surface area contributed by atoms with Gasteiger partial charge in [0, 0.05) is 24.2 Å². The lowest BCUT2D eigenvalue weighted by molar-refractivity contribution is -0.125. The maximum absolute atomic E-state index is 13.3. The third-order valence-corrected chi connectivity index (χ3v) is 6.74. The van der Waals surface area contributed by atoms with E-state index in [-0.39, 0.29) is 29.9 Å². The largest absolute Gasteiger partial charge is 0.356 e. The second-order valence-electron chi connectivity index (χ2n) is 8.45. The Balaban J connectivity index is 1.46. The molecule has 0 fully saturated rings. The van der Waals surface area contributed by atoms with Crippen molar-refractivity contribution >= 4 is 51.9 Å². The number of rotatable bonds is 9. The van der Waals surface area contributed by atoms with Gasteiger partial charge in [-0.1, -0.05) is 55.4 Å². The van der Waals surface area contributed by atoms with E-state index in [1.54, 1.807) is 0 Å². The minimum Gasteiger partial charge on any atom is -0.356 e. The highest BCUT2D eigenvalue weighted by molar-refractivity contribution is 8.14. The van der Waals surface area contributed by atoms with Crippen LogP contribution in [-0.4, -0.2) is 52.0 Å². The lowest BCUT2D eigenvalue weighted by Gasteiger charge is -2.25. The number of unbranched alkanes of at least 4 members (excludes halogenated alkanes) is 1. The zero-order valence-electron chi connectivity index (χ0n) is 19.9. The molecule has 0 saturated heterocycles. The van der Waals surface area contributed by atoms with Gasteiger partial charge in [-0.3, -0.25) is 19.4 Å². The molecule has 2 aromatic carbocycles. The molecular formula is C26H29N5O3S. The molecule has 0 aromatic heterocycles. The van der Waals surface area contributed by atoms with Crippen molar-refractivity contribution in [3.63, 3.8) is 0 Å². The first-order valence-electron chi connectivity index (χ1n) is 11.8. The summed E-state index contributed by atoms with van der Waals surface area (Å²) in [5.41, 5.74) is 3.20. The lowest BCUT2D eigenvalue weighted by atomic mass is 10.1. The average Bonchev–Trinajstić information content (AvgIpc) is 3.19. The van der Waals surface area contributed by atoms with Crippen molar-refractivity contribution in [2.75, 3.05) is 17.6 Å². The molecule has 2 aliphatic heterocycles. The van der Waals surface area contributed by atoms with Crippen LogP contribution in [0.25, 0.3) is 0 Å². The number of aryl methyl sites for hydroxylation is 1. The van der Waals surface area contributed by atoms with E-state index in [1.807, 2.05) is 55.5 Å². The Morgan fingerprint density at radius 3 is 2.66 bits per heavy atom. The van der Waals surface area contributed by atoms with Crippen LogP contribution in [0.1, 0.15) is 43.7 Å². The molecule has 9 heteroatoms. The molecule has 1 atom stereocenters. The summed E-state index contributed by atoms with van der Waals surface area (Å²) >= 11 is 1.20. The van der Waals surface area contributed by atoms with Crippen molar-refractivity contribution in [3.05, 3.63) is 59.7 Å². The van der Waals surface area contributed by atoms with E-state index < -0.39 is 6.04 Å². The first kappa shape index (κ1) is 24.7. The average molecular weight is 492 g/mol. The van der Waals surface area contributed by atoms with Crippen LogP contribution in [0.5, 0.6) is 0 Å². The predicted molar refractivity (Wildman–Crippen MR) is 140 cm³/mol. The van der Waals surface area contributed by atoms with Gasteiger partial charge in [0.1, 0.15) is 11.9 Å². The Labute approximate surface area is 209 Å². The zero-order chi connectivity index (χ0) is 24.8. The van der Waals surface area contributed by atoms with Crippen molar-refractivity contribution in [3.8, 4) is 0 Å². The number of anilines is 1. The predicted octanol–water partition coefficient (Wildman–Crippen LogP) is 4.02. The standard InChI is InChI=1S/C26H29N5O3S/c1-3-4-15-27-22(32)14-13-21-25(34)31-24(29-21)18-10-6-8-12-20(18)30-26(31)35-16-23(33)28-19-11-7-5-9-17(19)2/h5-12,21H,3-4,13-16H2,1-2H3,(H,27,32)(H,28,33). The molecule has 35 heavy (non-hydrogen) atoms. The van der Waals surface area contributed by atoms with Crippen molar-refractivity contribution < 1.29 is 14.4 Å². The van der Waals surface area contributed by atoms with Crippen molar-refractivity contribution in [2.24, 2.45) is 9.98 Å². The van der Waals surface area contributed by atoms with E-state index in [0.29, 0.717) is 29.7 Å². The molecule has 4 rings (SSSR count). The van der Waals surface area contributed by atoms with Crippen molar-refractivity contribution in [2.45, 2.75) is 45.6 Å². The van der Waals surface area contributed by atoms with E-state index in [0.717, 1.165) is 29.7 Å². The number of aliphatic imine (C=N–C) groups is 2. The molecule has 0 aliphatic carbocycles. The summed E-state index contributed by atoms with van der Waals surface area (Å²) in [5.74, 6) is 0.140. The molecule has 3 amide bonds.